The minimum absolute atomic E-state index is 0.373. The van der Waals surface area contributed by atoms with Crippen LogP contribution in [0.4, 0.5) is 0 Å². The maximum atomic E-state index is 3.80. The fraction of sp³-hybridized carbons (Fsp3) is 0.867. The van der Waals surface area contributed by atoms with Crippen LogP contribution in [0.5, 0.6) is 0 Å². The van der Waals surface area contributed by atoms with Crippen molar-refractivity contribution >= 4 is 0 Å². The third-order valence-corrected chi connectivity index (χ3v) is 4.33. The van der Waals surface area contributed by atoms with E-state index in [1.165, 1.54) is 32.2 Å². The van der Waals surface area contributed by atoms with Crippen LogP contribution in [0, 0.1) is 17.8 Å². The molecule has 2 rings (SSSR count). The normalized spacial score (nSPS) is 31.4. The Morgan fingerprint density at radius 1 is 1.38 bits per heavy atom. The van der Waals surface area contributed by atoms with E-state index < -0.39 is 0 Å². The summed E-state index contributed by atoms with van der Waals surface area (Å²) >= 11 is 0. The molecular weight excluding hydrogens is 194 g/mol. The van der Waals surface area contributed by atoms with Crippen molar-refractivity contribution < 1.29 is 0 Å². The molecule has 1 nitrogen and oxygen atoms in total. The van der Waals surface area contributed by atoms with Gasteiger partial charge in [-0.2, -0.15) is 0 Å². The maximum absolute atomic E-state index is 3.80. The van der Waals surface area contributed by atoms with Crippen molar-refractivity contribution in [3.8, 4) is 0 Å². The highest BCUT2D eigenvalue weighted by Crippen LogP contribution is 2.39. The van der Waals surface area contributed by atoms with Crippen LogP contribution >= 0.6 is 0 Å². The highest BCUT2D eigenvalue weighted by molar-refractivity contribution is 5.06. The van der Waals surface area contributed by atoms with Gasteiger partial charge in [-0.25, -0.2) is 0 Å². The number of rotatable bonds is 4. The van der Waals surface area contributed by atoms with Crippen molar-refractivity contribution in [1.82, 2.24) is 5.32 Å². The highest BCUT2D eigenvalue weighted by Gasteiger charge is 2.37. The lowest BCUT2D eigenvalue weighted by molar-refractivity contribution is 0.289. The van der Waals surface area contributed by atoms with Crippen molar-refractivity contribution in [2.75, 3.05) is 6.54 Å². The molecule has 16 heavy (non-hydrogen) atoms. The molecule has 0 amide bonds. The van der Waals surface area contributed by atoms with Crippen LogP contribution in [0.25, 0.3) is 0 Å². The lowest BCUT2D eigenvalue weighted by atomic mass is 9.83. The molecule has 1 heteroatoms. The first kappa shape index (κ1) is 12.2. The topological polar surface area (TPSA) is 12.0 Å². The molecule has 0 aromatic rings. The molecule has 92 valence electrons. The molecule has 2 unspecified atom stereocenters. The van der Waals surface area contributed by atoms with Crippen molar-refractivity contribution in [2.45, 2.75) is 58.9 Å². The summed E-state index contributed by atoms with van der Waals surface area (Å²) in [5.74, 6) is 2.58. The Balaban J connectivity index is 1.80. The number of hydrogen-bond donors (Lipinski definition) is 1. The molecule has 0 radical (unpaired) electrons. The Kier molecular flexibility index (Phi) is 3.44. The lowest BCUT2D eigenvalue weighted by Crippen LogP contribution is -2.44. The summed E-state index contributed by atoms with van der Waals surface area (Å²) in [7, 11) is 0. The molecule has 1 N–H and O–H groups in total. The van der Waals surface area contributed by atoms with Crippen molar-refractivity contribution in [2.24, 2.45) is 17.8 Å². The van der Waals surface area contributed by atoms with Gasteiger partial charge in [0, 0.05) is 5.54 Å². The predicted octanol–water partition coefficient (Wildman–Crippen LogP) is 3.76. The number of nitrogens with one attached hydrogen (secondary N) is 1. The molecular formula is C15H27N. The van der Waals surface area contributed by atoms with Crippen LogP contribution < -0.4 is 5.32 Å². The number of allylic oxidation sites excluding steroid dienone is 2. The molecule has 2 atom stereocenters. The molecule has 1 fully saturated rings. The number of hydrogen-bond acceptors (Lipinski definition) is 1. The Morgan fingerprint density at radius 2 is 2.06 bits per heavy atom. The van der Waals surface area contributed by atoms with E-state index in [9.17, 15) is 0 Å². The minimum atomic E-state index is 0.373. The van der Waals surface area contributed by atoms with E-state index in [-0.39, 0.29) is 0 Å². The van der Waals surface area contributed by atoms with Gasteiger partial charge in [0.2, 0.25) is 0 Å². The van der Waals surface area contributed by atoms with Gasteiger partial charge < -0.3 is 5.32 Å². The van der Waals surface area contributed by atoms with Gasteiger partial charge in [0.15, 0.2) is 0 Å². The average Bonchev–Trinajstić information content (AvgIpc) is 2.96. The van der Waals surface area contributed by atoms with Crippen LogP contribution in [-0.2, 0) is 0 Å². The minimum Gasteiger partial charge on any atom is -0.311 e. The molecule has 0 spiro atoms. The summed E-state index contributed by atoms with van der Waals surface area (Å²) in [6.45, 7) is 10.6. The first-order chi connectivity index (χ1) is 7.47. The molecule has 0 bridgehead atoms. The predicted molar refractivity (Wildman–Crippen MR) is 70.5 cm³/mol. The second-order valence-electron chi connectivity index (χ2n) is 6.67. The van der Waals surface area contributed by atoms with E-state index in [2.05, 4.69) is 39.1 Å². The maximum Gasteiger partial charge on any atom is 0.0153 e. The van der Waals surface area contributed by atoms with Crippen molar-refractivity contribution in [3.63, 3.8) is 0 Å². The Bertz CT molecular complexity index is 273. The van der Waals surface area contributed by atoms with Gasteiger partial charge in [0.1, 0.15) is 0 Å². The molecule has 0 saturated heterocycles. The van der Waals surface area contributed by atoms with E-state index in [1.807, 2.05) is 0 Å². The Labute approximate surface area is 101 Å². The van der Waals surface area contributed by atoms with Crippen LogP contribution in [0.1, 0.15) is 53.4 Å². The molecule has 0 aromatic heterocycles. The fourth-order valence-electron chi connectivity index (χ4n) is 3.20. The summed E-state index contributed by atoms with van der Waals surface area (Å²) in [5, 5.41) is 3.80. The highest BCUT2D eigenvalue weighted by atomic mass is 15.0. The molecule has 2 aliphatic rings. The van der Waals surface area contributed by atoms with Gasteiger partial charge >= 0.3 is 0 Å². The Morgan fingerprint density at radius 3 is 2.62 bits per heavy atom. The van der Waals surface area contributed by atoms with Gasteiger partial charge in [0.05, 0.1) is 0 Å². The average molecular weight is 221 g/mol. The van der Waals surface area contributed by atoms with E-state index in [0.717, 1.165) is 17.8 Å². The van der Waals surface area contributed by atoms with Crippen LogP contribution in [0.3, 0.4) is 0 Å². The molecule has 0 aliphatic heterocycles. The van der Waals surface area contributed by atoms with Crippen molar-refractivity contribution in [3.05, 3.63) is 11.6 Å². The third kappa shape index (κ3) is 3.10. The smallest absolute Gasteiger partial charge is 0.0153 e. The second kappa shape index (κ2) is 4.52. The third-order valence-electron chi connectivity index (χ3n) is 4.33. The molecule has 0 aromatic carbocycles. The van der Waals surface area contributed by atoms with Gasteiger partial charge in [0.25, 0.3) is 0 Å². The van der Waals surface area contributed by atoms with Gasteiger partial charge in [-0.1, -0.05) is 18.6 Å². The monoisotopic (exact) mass is 221 g/mol. The zero-order chi connectivity index (χ0) is 11.8. The van der Waals surface area contributed by atoms with Gasteiger partial charge in [-0.15, -0.1) is 0 Å². The summed E-state index contributed by atoms with van der Waals surface area (Å²) in [6.07, 6.45) is 7.98. The molecule has 0 heterocycles. The van der Waals surface area contributed by atoms with E-state index in [0.29, 0.717) is 5.54 Å². The summed E-state index contributed by atoms with van der Waals surface area (Å²) < 4.78 is 0. The molecule has 2 aliphatic carbocycles. The zero-order valence-corrected chi connectivity index (χ0v) is 11.3. The molecule has 1 saturated carbocycles. The van der Waals surface area contributed by atoms with Crippen LogP contribution in [0.2, 0.25) is 0 Å². The first-order valence-corrected chi connectivity index (χ1v) is 6.89. The van der Waals surface area contributed by atoms with Gasteiger partial charge in [-0.05, 0) is 70.8 Å². The summed E-state index contributed by atoms with van der Waals surface area (Å²) in [5.41, 5.74) is 1.97. The standard InChI is InChI=1S/C15H27N/c1-11-7-12(2)9-13(8-11)10-16-15(3,4)14-5-6-14/h7,11,13-14,16H,5-6,8-10H2,1-4H3. The van der Waals surface area contributed by atoms with E-state index >= 15 is 0 Å². The van der Waals surface area contributed by atoms with Crippen molar-refractivity contribution in [1.29, 1.82) is 0 Å². The van der Waals surface area contributed by atoms with Crippen LogP contribution in [0.15, 0.2) is 11.6 Å². The fourth-order valence-corrected chi connectivity index (χ4v) is 3.20. The van der Waals surface area contributed by atoms with Crippen LogP contribution in [-0.4, -0.2) is 12.1 Å². The second-order valence-corrected chi connectivity index (χ2v) is 6.67. The van der Waals surface area contributed by atoms with E-state index in [1.54, 1.807) is 5.57 Å². The lowest BCUT2D eigenvalue weighted by Gasteiger charge is -2.32. The summed E-state index contributed by atoms with van der Waals surface area (Å²) in [4.78, 5) is 0. The first-order valence-electron chi connectivity index (χ1n) is 6.89. The zero-order valence-electron chi connectivity index (χ0n) is 11.3. The quantitative estimate of drug-likeness (QED) is 0.713. The Hall–Kier alpha value is -0.300. The largest absolute Gasteiger partial charge is 0.311 e. The SMILES string of the molecule is CC1=CC(C)CC(CNC(C)(C)C2CC2)C1. The van der Waals surface area contributed by atoms with E-state index in [4.69, 9.17) is 0 Å². The van der Waals surface area contributed by atoms with Gasteiger partial charge in [-0.3, -0.25) is 0 Å². The summed E-state index contributed by atoms with van der Waals surface area (Å²) in [6, 6.07) is 0.